The lowest BCUT2D eigenvalue weighted by atomic mass is 9.83. The maximum absolute atomic E-state index is 13.6. The third kappa shape index (κ3) is 6.16. The van der Waals surface area contributed by atoms with Crippen LogP contribution in [0, 0.1) is 6.92 Å². The van der Waals surface area contributed by atoms with Gasteiger partial charge in [0.1, 0.15) is 6.26 Å². The minimum Gasteiger partial charge on any atom is -0.448 e. The zero-order valence-electron chi connectivity index (χ0n) is 19.5. The summed E-state index contributed by atoms with van der Waals surface area (Å²) in [6.07, 6.45) is -1.70. The van der Waals surface area contributed by atoms with Gasteiger partial charge in [-0.3, -0.25) is 0 Å². The average Bonchev–Trinajstić information content (AvgIpc) is 3.25. The smallest absolute Gasteiger partial charge is 0.416 e. The van der Waals surface area contributed by atoms with Crippen molar-refractivity contribution in [3.05, 3.63) is 52.7 Å². The number of oxazole rings is 1. The van der Waals surface area contributed by atoms with Gasteiger partial charge in [0, 0.05) is 38.4 Å². The Bertz CT molecular complexity index is 1180. The molecule has 2 saturated heterocycles. The summed E-state index contributed by atoms with van der Waals surface area (Å²) in [4.78, 5) is 20.9. The molecule has 0 N–H and O–H groups in total. The molecule has 0 bridgehead atoms. The SMILES string of the molecule is Cc1ccc(C2CC(c3nc(CS(C)(=O)=O)co3)CN(C(=O)N3CCOCC3)C2)cc1C(F)(F)F. The molecule has 0 radical (unpaired) electrons. The summed E-state index contributed by atoms with van der Waals surface area (Å²) in [6, 6.07) is 4.06. The molecule has 2 atom stereocenters. The normalized spacial score (nSPS) is 21.9. The molecular weight excluding hydrogens is 487 g/mol. The molecule has 1 aromatic heterocycles. The van der Waals surface area contributed by atoms with Crippen LogP contribution in [0.1, 0.15) is 46.5 Å². The molecule has 1 aromatic carbocycles. The maximum atomic E-state index is 13.6. The van der Waals surface area contributed by atoms with Crippen LogP contribution in [0.2, 0.25) is 0 Å². The number of morpholine rings is 1. The van der Waals surface area contributed by atoms with E-state index in [4.69, 9.17) is 9.15 Å². The lowest BCUT2D eigenvalue weighted by molar-refractivity contribution is -0.138. The van der Waals surface area contributed by atoms with Crippen molar-refractivity contribution in [2.24, 2.45) is 0 Å². The summed E-state index contributed by atoms with van der Waals surface area (Å²) in [5, 5.41) is 0. The van der Waals surface area contributed by atoms with Crippen LogP contribution in [-0.2, 0) is 26.5 Å². The van der Waals surface area contributed by atoms with Crippen molar-refractivity contribution >= 4 is 15.9 Å². The van der Waals surface area contributed by atoms with Gasteiger partial charge in [0.15, 0.2) is 15.7 Å². The van der Waals surface area contributed by atoms with Crippen molar-refractivity contribution < 1.29 is 35.5 Å². The van der Waals surface area contributed by atoms with E-state index < -0.39 is 27.5 Å². The molecule has 2 fully saturated rings. The van der Waals surface area contributed by atoms with Gasteiger partial charge in [-0.25, -0.2) is 18.2 Å². The van der Waals surface area contributed by atoms with Crippen molar-refractivity contribution in [3.8, 4) is 0 Å². The number of piperidine rings is 1. The average molecular weight is 516 g/mol. The summed E-state index contributed by atoms with van der Waals surface area (Å²) in [7, 11) is -3.32. The number of benzene rings is 1. The summed E-state index contributed by atoms with van der Waals surface area (Å²) in [6.45, 7) is 3.66. The molecule has 2 unspecified atom stereocenters. The second-order valence-electron chi connectivity index (χ2n) is 9.24. The van der Waals surface area contributed by atoms with E-state index in [9.17, 15) is 26.4 Å². The molecule has 8 nitrogen and oxygen atoms in total. The van der Waals surface area contributed by atoms with Crippen LogP contribution in [0.15, 0.2) is 28.9 Å². The number of carbonyl (C=O) groups excluding carboxylic acids is 1. The van der Waals surface area contributed by atoms with Gasteiger partial charge in [-0.1, -0.05) is 12.1 Å². The molecule has 0 aliphatic carbocycles. The van der Waals surface area contributed by atoms with E-state index in [-0.39, 0.29) is 47.9 Å². The summed E-state index contributed by atoms with van der Waals surface area (Å²) >= 11 is 0. The van der Waals surface area contributed by atoms with Crippen molar-refractivity contribution in [3.63, 3.8) is 0 Å². The van der Waals surface area contributed by atoms with E-state index in [2.05, 4.69) is 4.98 Å². The molecular formula is C23H28F3N3O5S. The van der Waals surface area contributed by atoms with Crippen LogP contribution in [0.3, 0.4) is 0 Å². The highest BCUT2D eigenvalue weighted by Gasteiger charge is 2.38. The lowest BCUT2D eigenvalue weighted by Crippen LogP contribution is -2.52. The monoisotopic (exact) mass is 515 g/mol. The second kappa shape index (κ2) is 9.81. The van der Waals surface area contributed by atoms with Crippen LogP contribution < -0.4 is 0 Å². The number of urea groups is 1. The van der Waals surface area contributed by atoms with Gasteiger partial charge in [0.05, 0.1) is 36.1 Å². The first-order valence-corrected chi connectivity index (χ1v) is 13.4. The predicted octanol–water partition coefficient (Wildman–Crippen LogP) is 3.57. The first kappa shape index (κ1) is 25.5. The van der Waals surface area contributed by atoms with Crippen molar-refractivity contribution in [1.82, 2.24) is 14.8 Å². The minimum absolute atomic E-state index is 0.132. The van der Waals surface area contributed by atoms with E-state index in [0.29, 0.717) is 38.3 Å². The number of alkyl halides is 3. The highest BCUT2D eigenvalue weighted by molar-refractivity contribution is 7.89. The fourth-order valence-electron chi connectivity index (χ4n) is 4.67. The number of aromatic nitrogens is 1. The minimum atomic E-state index is -4.49. The third-order valence-corrected chi connectivity index (χ3v) is 7.19. The Kier molecular flexibility index (Phi) is 7.14. The molecule has 35 heavy (non-hydrogen) atoms. The van der Waals surface area contributed by atoms with Crippen LogP contribution >= 0.6 is 0 Å². The van der Waals surface area contributed by atoms with Crippen molar-refractivity contribution in [2.75, 3.05) is 45.6 Å². The number of hydrogen-bond acceptors (Lipinski definition) is 6. The number of hydrogen-bond donors (Lipinski definition) is 0. The number of carbonyl (C=O) groups is 1. The quantitative estimate of drug-likeness (QED) is 0.618. The van der Waals surface area contributed by atoms with Crippen molar-refractivity contribution in [1.29, 1.82) is 0 Å². The second-order valence-corrected chi connectivity index (χ2v) is 11.4. The Labute approximate surface area is 202 Å². The third-order valence-electron chi connectivity index (χ3n) is 6.37. The molecule has 4 rings (SSSR count). The van der Waals surface area contributed by atoms with E-state index in [1.807, 2.05) is 0 Å². The van der Waals surface area contributed by atoms with E-state index in [0.717, 1.165) is 12.3 Å². The summed E-state index contributed by atoms with van der Waals surface area (Å²) in [5.41, 5.74) is 0.170. The molecule has 2 aliphatic heterocycles. The lowest BCUT2D eigenvalue weighted by Gasteiger charge is -2.40. The zero-order valence-corrected chi connectivity index (χ0v) is 20.4. The van der Waals surface area contributed by atoms with Gasteiger partial charge < -0.3 is 19.0 Å². The van der Waals surface area contributed by atoms with Gasteiger partial charge in [-0.15, -0.1) is 0 Å². The zero-order chi connectivity index (χ0) is 25.4. The number of aryl methyl sites for hydroxylation is 1. The molecule has 0 saturated carbocycles. The Morgan fingerprint density at radius 1 is 1.14 bits per heavy atom. The van der Waals surface area contributed by atoms with Gasteiger partial charge >= 0.3 is 12.2 Å². The van der Waals surface area contributed by atoms with Gasteiger partial charge in [0.2, 0.25) is 0 Å². The Morgan fingerprint density at radius 2 is 1.83 bits per heavy atom. The molecule has 3 heterocycles. The highest BCUT2D eigenvalue weighted by atomic mass is 32.2. The number of nitrogens with zero attached hydrogens (tertiary/aromatic N) is 3. The van der Waals surface area contributed by atoms with E-state index >= 15 is 0 Å². The summed E-state index contributed by atoms with van der Waals surface area (Å²) in [5.74, 6) is -0.791. The summed E-state index contributed by atoms with van der Waals surface area (Å²) < 4.78 is 74.9. The van der Waals surface area contributed by atoms with Gasteiger partial charge in [0.25, 0.3) is 0 Å². The molecule has 2 aliphatic rings. The Balaban J connectivity index is 1.64. The largest absolute Gasteiger partial charge is 0.448 e. The predicted molar refractivity (Wildman–Crippen MR) is 121 cm³/mol. The van der Waals surface area contributed by atoms with E-state index in [1.165, 1.54) is 19.3 Å². The fraction of sp³-hybridized carbons (Fsp3) is 0.565. The topological polar surface area (TPSA) is 93.0 Å². The molecule has 12 heteroatoms. The van der Waals surface area contributed by atoms with Crippen molar-refractivity contribution in [2.45, 2.75) is 37.1 Å². The van der Waals surface area contributed by atoms with Gasteiger partial charge in [-0.05, 0) is 30.5 Å². The fourth-order valence-corrected chi connectivity index (χ4v) is 5.34. The number of rotatable bonds is 4. The highest BCUT2D eigenvalue weighted by Crippen LogP contribution is 2.39. The standard InChI is InChI=1S/C23H28F3N3O5S/c1-15-3-4-16(10-20(15)23(24,25)26)17-9-18(21-27-19(13-34-21)14-35(2,31)32)12-29(11-17)22(30)28-5-7-33-8-6-28/h3-4,10,13,17-18H,5-9,11-12,14H2,1-2H3. The van der Waals surface area contributed by atoms with Crippen LogP contribution in [-0.4, -0.2) is 74.9 Å². The molecule has 192 valence electrons. The van der Waals surface area contributed by atoms with E-state index in [1.54, 1.807) is 15.9 Å². The van der Waals surface area contributed by atoms with Gasteiger partial charge in [-0.2, -0.15) is 13.2 Å². The number of sulfone groups is 1. The molecule has 0 spiro atoms. The Hall–Kier alpha value is -2.60. The number of ether oxygens (including phenoxy) is 1. The maximum Gasteiger partial charge on any atom is 0.416 e. The molecule has 2 aromatic rings. The number of amides is 2. The number of likely N-dealkylation sites (tertiary alicyclic amines) is 1. The first-order valence-electron chi connectivity index (χ1n) is 11.3. The first-order chi connectivity index (χ1) is 16.4. The Morgan fingerprint density at radius 3 is 2.49 bits per heavy atom. The number of halogens is 3. The van der Waals surface area contributed by atoms with Crippen LogP contribution in [0.5, 0.6) is 0 Å². The van der Waals surface area contributed by atoms with Crippen LogP contribution in [0.4, 0.5) is 18.0 Å². The van der Waals surface area contributed by atoms with Crippen LogP contribution in [0.25, 0.3) is 0 Å². The molecule has 2 amide bonds.